The average Bonchev–Trinajstić information content (AvgIpc) is 3.07. The molecule has 212 valence electrons. The lowest BCUT2D eigenvalue weighted by atomic mass is 9.70. The first-order chi connectivity index (χ1) is 21.6. The number of allylic oxidation sites excluding steroid dienone is 9. The molecule has 0 aliphatic heterocycles. The molecule has 2 heterocycles. The minimum absolute atomic E-state index is 0.0421. The molecule has 4 nitrogen and oxygen atoms in total. The highest BCUT2D eigenvalue weighted by molar-refractivity contribution is 5.93. The van der Waals surface area contributed by atoms with E-state index < -0.39 is 0 Å². The second-order valence-electron chi connectivity index (χ2n) is 12.2. The van der Waals surface area contributed by atoms with Gasteiger partial charge in [0.1, 0.15) is 5.82 Å². The predicted molar refractivity (Wildman–Crippen MR) is 180 cm³/mol. The summed E-state index contributed by atoms with van der Waals surface area (Å²) < 4.78 is 0. The Hall–Kier alpha value is -5.22. The summed E-state index contributed by atoms with van der Waals surface area (Å²) in [6.07, 6.45) is 21.9. The molecule has 44 heavy (non-hydrogen) atoms. The van der Waals surface area contributed by atoms with Gasteiger partial charge in [-0.25, -0.2) is 15.0 Å². The fraction of sp³-hybridized carbons (Fsp3) is 0.150. The number of para-hydroxylation sites is 1. The van der Waals surface area contributed by atoms with E-state index in [9.17, 15) is 0 Å². The van der Waals surface area contributed by atoms with Gasteiger partial charge in [0.25, 0.3) is 0 Å². The highest BCUT2D eigenvalue weighted by Crippen LogP contribution is 2.43. The molecule has 3 aliphatic carbocycles. The molecule has 0 spiro atoms. The molecule has 4 heteroatoms. The van der Waals surface area contributed by atoms with E-state index in [1.165, 1.54) is 11.1 Å². The molecular formula is C40H32N4. The summed E-state index contributed by atoms with van der Waals surface area (Å²) in [5.41, 5.74) is 7.69. The molecule has 3 unspecified atom stereocenters. The Labute approximate surface area is 258 Å². The van der Waals surface area contributed by atoms with Crippen molar-refractivity contribution < 1.29 is 0 Å². The number of nitrogens with zero attached hydrogens (tertiary/aromatic N) is 4. The van der Waals surface area contributed by atoms with Crippen molar-refractivity contribution in [1.82, 2.24) is 19.9 Å². The quantitative estimate of drug-likeness (QED) is 0.217. The van der Waals surface area contributed by atoms with E-state index >= 15 is 0 Å². The van der Waals surface area contributed by atoms with E-state index in [1.807, 2.05) is 12.3 Å². The van der Waals surface area contributed by atoms with E-state index in [1.54, 1.807) is 0 Å². The van der Waals surface area contributed by atoms with Crippen molar-refractivity contribution in [3.63, 3.8) is 0 Å². The molecular weight excluding hydrogens is 536 g/mol. The first kappa shape index (κ1) is 26.4. The van der Waals surface area contributed by atoms with Crippen molar-refractivity contribution in [1.29, 1.82) is 0 Å². The lowest BCUT2D eigenvalue weighted by Crippen LogP contribution is -2.24. The molecule has 3 aliphatic rings. The van der Waals surface area contributed by atoms with Crippen LogP contribution in [0.5, 0.6) is 0 Å². The number of hydrogen-bond donors (Lipinski definition) is 0. The summed E-state index contributed by atoms with van der Waals surface area (Å²) in [4.78, 5) is 20.0. The van der Waals surface area contributed by atoms with Gasteiger partial charge < -0.3 is 0 Å². The summed E-state index contributed by atoms with van der Waals surface area (Å²) in [6.45, 7) is 4.54. The molecule has 4 atom stereocenters. The van der Waals surface area contributed by atoms with Crippen LogP contribution in [0.15, 0.2) is 134 Å². The molecule has 0 N–H and O–H groups in total. The summed E-state index contributed by atoms with van der Waals surface area (Å²) in [5, 5.41) is 1.13. The topological polar surface area (TPSA) is 51.6 Å². The minimum Gasteiger partial charge on any atom is -0.256 e. The van der Waals surface area contributed by atoms with Crippen LogP contribution in [-0.2, 0) is 0 Å². The monoisotopic (exact) mass is 568 g/mol. The van der Waals surface area contributed by atoms with Crippen LogP contribution in [0, 0.1) is 11.3 Å². The van der Waals surface area contributed by atoms with Gasteiger partial charge in [-0.15, -0.1) is 0 Å². The van der Waals surface area contributed by atoms with Crippen molar-refractivity contribution in [3.8, 4) is 22.5 Å². The molecule has 0 saturated carbocycles. The normalized spacial score (nSPS) is 23.3. The third-order valence-corrected chi connectivity index (χ3v) is 9.36. The van der Waals surface area contributed by atoms with Crippen molar-refractivity contribution in [2.75, 3.05) is 0 Å². The van der Waals surface area contributed by atoms with E-state index in [4.69, 9.17) is 15.0 Å². The molecule has 0 amide bonds. The van der Waals surface area contributed by atoms with Crippen LogP contribution in [0.3, 0.4) is 0 Å². The van der Waals surface area contributed by atoms with Gasteiger partial charge in [-0.1, -0.05) is 141 Å². The highest BCUT2D eigenvalue weighted by atomic mass is 15.0. The van der Waals surface area contributed by atoms with E-state index in [0.29, 0.717) is 17.6 Å². The lowest BCUT2D eigenvalue weighted by Gasteiger charge is -2.34. The van der Waals surface area contributed by atoms with Gasteiger partial charge in [0.05, 0.1) is 5.52 Å². The van der Waals surface area contributed by atoms with Crippen LogP contribution in [0.25, 0.3) is 45.1 Å². The zero-order valence-electron chi connectivity index (χ0n) is 24.8. The summed E-state index contributed by atoms with van der Waals surface area (Å²) in [6, 6.07) is 27.5. The van der Waals surface area contributed by atoms with E-state index in [-0.39, 0.29) is 17.3 Å². The van der Waals surface area contributed by atoms with Gasteiger partial charge in [-0.2, -0.15) is 0 Å². The minimum atomic E-state index is -0.114. The Morgan fingerprint density at radius 1 is 0.705 bits per heavy atom. The van der Waals surface area contributed by atoms with Crippen LogP contribution >= 0.6 is 0 Å². The van der Waals surface area contributed by atoms with Crippen LogP contribution in [-0.4, -0.2) is 19.9 Å². The number of rotatable bonds is 4. The van der Waals surface area contributed by atoms with Gasteiger partial charge in [0.15, 0.2) is 11.6 Å². The van der Waals surface area contributed by atoms with E-state index in [2.05, 4.69) is 146 Å². The molecule has 2 aromatic heterocycles. The van der Waals surface area contributed by atoms with Gasteiger partial charge in [0, 0.05) is 45.5 Å². The number of fused-ring (bicyclic) bond motifs is 3. The first-order valence-corrected chi connectivity index (χ1v) is 15.3. The molecule has 0 saturated heterocycles. The van der Waals surface area contributed by atoms with Crippen LogP contribution < -0.4 is 0 Å². The Balaban J connectivity index is 1.23. The van der Waals surface area contributed by atoms with Gasteiger partial charge in [0.2, 0.25) is 0 Å². The second kappa shape index (κ2) is 10.5. The number of pyridine rings is 1. The molecule has 0 bridgehead atoms. The fourth-order valence-electron chi connectivity index (χ4n) is 6.80. The number of aromatic nitrogens is 4. The van der Waals surface area contributed by atoms with Crippen molar-refractivity contribution in [2.24, 2.45) is 11.3 Å². The van der Waals surface area contributed by atoms with Gasteiger partial charge >= 0.3 is 0 Å². The third-order valence-electron chi connectivity index (χ3n) is 9.36. The Morgan fingerprint density at radius 2 is 1.52 bits per heavy atom. The Kier molecular flexibility index (Phi) is 6.30. The maximum Gasteiger partial charge on any atom is 0.163 e. The van der Waals surface area contributed by atoms with Gasteiger partial charge in [-0.3, -0.25) is 4.98 Å². The fourth-order valence-corrected chi connectivity index (χ4v) is 6.80. The van der Waals surface area contributed by atoms with Crippen molar-refractivity contribution >= 4 is 22.6 Å². The lowest BCUT2D eigenvalue weighted by molar-refractivity contribution is 0.454. The maximum atomic E-state index is 5.15. The number of benzene rings is 3. The summed E-state index contributed by atoms with van der Waals surface area (Å²) >= 11 is 0. The average molecular weight is 569 g/mol. The third kappa shape index (κ3) is 4.55. The predicted octanol–water partition coefficient (Wildman–Crippen LogP) is 9.37. The standard InChI is InChI=1S/C40H32N4/c1-26-33-13-4-3-9-27(33)20-22-34(26)39-43-37(42-38(44-39)31-19-21-32-12-5-6-23-40(32,2)25-31)30-17-15-28(16-18-30)35-14-7-10-29-11-8-24-41-36(29)35/h3-26,32,34H,1-2H3/t26?,32?,34-,40?/m0/s1. The smallest absolute Gasteiger partial charge is 0.163 e. The molecule has 0 radical (unpaired) electrons. The Morgan fingerprint density at radius 3 is 2.43 bits per heavy atom. The zero-order valence-corrected chi connectivity index (χ0v) is 24.8. The van der Waals surface area contributed by atoms with Gasteiger partial charge in [-0.05, 0) is 28.7 Å². The van der Waals surface area contributed by atoms with Crippen molar-refractivity contribution in [2.45, 2.75) is 25.7 Å². The van der Waals surface area contributed by atoms with Crippen molar-refractivity contribution in [3.05, 3.63) is 156 Å². The summed E-state index contributed by atoms with van der Waals surface area (Å²) in [5.74, 6) is 2.81. The molecule has 0 fully saturated rings. The van der Waals surface area contributed by atoms with Crippen LogP contribution in [0.2, 0.25) is 0 Å². The molecule has 5 aromatic rings. The zero-order chi connectivity index (χ0) is 29.7. The summed E-state index contributed by atoms with van der Waals surface area (Å²) in [7, 11) is 0. The maximum absolute atomic E-state index is 5.15. The highest BCUT2D eigenvalue weighted by Gasteiger charge is 2.32. The SMILES string of the molecule is CC1c2ccccc2C=C[C@@H]1c1nc(C2=CC3(C)C=CC=CC3C=C2)nc(-c2ccc(-c3cccc4cccnc34)cc2)n1. The molecule has 8 rings (SSSR count). The first-order valence-electron chi connectivity index (χ1n) is 15.3. The van der Waals surface area contributed by atoms with Crippen LogP contribution in [0.4, 0.5) is 0 Å². The van der Waals surface area contributed by atoms with Crippen LogP contribution in [0.1, 0.15) is 48.5 Å². The molecule has 3 aromatic carbocycles. The largest absolute Gasteiger partial charge is 0.256 e. The Bertz CT molecular complexity index is 2060. The second-order valence-corrected chi connectivity index (χ2v) is 12.2. The van der Waals surface area contributed by atoms with E-state index in [0.717, 1.165) is 39.0 Å². The number of hydrogen-bond acceptors (Lipinski definition) is 4.